The molecule has 0 radical (unpaired) electrons. The first-order valence-corrected chi connectivity index (χ1v) is 6.66. The van der Waals surface area contributed by atoms with Crippen molar-refractivity contribution in [2.24, 2.45) is 5.84 Å². The van der Waals surface area contributed by atoms with Crippen molar-refractivity contribution in [3.05, 3.63) is 29.8 Å². The maximum absolute atomic E-state index is 11.5. The lowest BCUT2D eigenvalue weighted by molar-refractivity contribution is 0.0179. The molecule has 0 unspecified atom stereocenters. The van der Waals surface area contributed by atoms with Crippen LogP contribution in [0, 0.1) is 0 Å². The van der Waals surface area contributed by atoms with Gasteiger partial charge in [0, 0.05) is 7.11 Å². The summed E-state index contributed by atoms with van der Waals surface area (Å²) in [6.45, 7) is 2.87. The molecular formula is C14H22N2O5. The first kappa shape index (κ1) is 17.4. The summed E-state index contributed by atoms with van der Waals surface area (Å²) in [5, 5.41) is 0. The summed E-state index contributed by atoms with van der Waals surface area (Å²) in [6.07, 6.45) is 0. The molecule has 7 nitrogen and oxygen atoms in total. The molecule has 1 rings (SSSR count). The Labute approximate surface area is 124 Å². The van der Waals surface area contributed by atoms with E-state index in [9.17, 15) is 4.79 Å². The van der Waals surface area contributed by atoms with Crippen LogP contribution in [0.4, 0.5) is 0 Å². The number of benzene rings is 1. The third-order valence-electron chi connectivity index (χ3n) is 2.55. The minimum Gasteiger partial charge on any atom is -0.490 e. The van der Waals surface area contributed by atoms with Gasteiger partial charge in [-0.25, -0.2) is 5.84 Å². The van der Waals surface area contributed by atoms with Gasteiger partial charge in [0.05, 0.1) is 38.6 Å². The number of amides is 1. The van der Waals surface area contributed by atoms with Gasteiger partial charge in [0.1, 0.15) is 12.4 Å². The average molecular weight is 298 g/mol. The van der Waals surface area contributed by atoms with Gasteiger partial charge in [-0.3, -0.25) is 10.2 Å². The highest BCUT2D eigenvalue weighted by molar-refractivity contribution is 5.96. The maximum Gasteiger partial charge on any atom is 0.268 e. The van der Waals surface area contributed by atoms with E-state index in [4.69, 9.17) is 24.8 Å². The molecule has 1 aromatic rings. The zero-order valence-corrected chi connectivity index (χ0v) is 12.2. The van der Waals surface area contributed by atoms with Crippen LogP contribution < -0.4 is 16.0 Å². The minimum absolute atomic E-state index is 0.340. The van der Waals surface area contributed by atoms with Crippen molar-refractivity contribution in [1.82, 2.24) is 5.43 Å². The summed E-state index contributed by atoms with van der Waals surface area (Å²) in [5.41, 5.74) is 2.47. The summed E-state index contributed by atoms with van der Waals surface area (Å²) in [4.78, 5) is 11.5. The Morgan fingerprint density at radius 3 is 2.33 bits per heavy atom. The normalized spacial score (nSPS) is 10.4. The van der Waals surface area contributed by atoms with E-state index >= 15 is 0 Å². The van der Waals surface area contributed by atoms with Crippen molar-refractivity contribution in [2.75, 3.05) is 46.8 Å². The zero-order valence-electron chi connectivity index (χ0n) is 12.2. The number of nitrogens with one attached hydrogen (secondary N) is 1. The van der Waals surface area contributed by atoms with E-state index in [1.165, 1.54) is 0 Å². The Morgan fingerprint density at radius 1 is 1.05 bits per heavy atom. The van der Waals surface area contributed by atoms with Crippen LogP contribution in [-0.4, -0.2) is 52.7 Å². The number of hydrogen-bond donors (Lipinski definition) is 2. The zero-order chi connectivity index (χ0) is 15.3. The molecule has 0 atom stereocenters. The van der Waals surface area contributed by atoms with Gasteiger partial charge in [0.15, 0.2) is 0 Å². The van der Waals surface area contributed by atoms with Gasteiger partial charge in [-0.1, -0.05) is 12.1 Å². The minimum atomic E-state index is -0.391. The molecular weight excluding hydrogens is 276 g/mol. The molecule has 1 amide bonds. The predicted octanol–water partition coefficient (Wildman–Crippen LogP) is 0.349. The van der Waals surface area contributed by atoms with Crippen LogP contribution in [-0.2, 0) is 14.2 Å². The Balaban J connectivity index is 2.17. The average Bonchev–Trinajstić information content (AvgIpc) is 2.53. The maximum atomic E-state index is 11.5. The number of para-hydroxylation sites is 1. The molecule has 118 valence electrons. The smallest absolute Gasteiger partial charge is 0.268 e. The fourth-order valence-corrected chi connectivity index (χ4v) is 1.53. The van der Waals surface area contributed by atoms with Gasteiger partial charge in [0.25, 0.3) is 5.91 Å². The molecule has 7 heteroatoms. The van der Waals surface area contributed by atoms with Crippen LogP contribution in [0.1, 0.15) is 10.4 Å². The summed E-state index contributed by atoms with van der Waals surface area (Å²) in [7, 11) is 1.62. The predicted molar refractivity (Wildman–Crippen MR) is 77.1 cm³/mol. The Hall–Kier alpha value is -1.67. The highest BCUT2D eigenvalue weighted by atomic mass is 16.6. The first-order chi connectivity index (χ1) is 10.3. The van der Waals surface area contributed by atoms with Crippen molar-refractivity contribution in [2.45, 2.75) is 0 Å². The number of nitrogens with two attached hydrogens (primary N) is 1. The van der Waals surface area contributed by atoms with E-state index in [-0.39, 0.29) is 0 Å². The number of ether oxygens (including phenoxy) is 4. The molecule has 0 fully saturated rings. The lowest BCUT2D eigenvalue weighted by Crippen LogP contribution is -2.30. The quantitative estimate of drug-likeness (QED) is 0.265. The van der Waals surface area contributed by atoms with Crippen LogP contribution in [0.25, 0.3) is 0 Å². The largest absolute Gasteiger partial charge is 0.490 e. The molecule has 0 saturated heterocycles. The third kappa shape index (κ3) is 7.05. The summed E-state index contributed by atoms with van der Waals surface area (Å²) in [5.74, 6) is 5.20. The number of carbonyl (C=O) groups is 1. The van der Waals surface area contributed by atoms with Gasteiger partial charge in [-0.15, -0.1) is 0 Å². The second-order valence-corrected chi connectivity index (χ2v) is 4.04. The van der Waals surface area contributed by atoms with Crippen LogP contribution in [0.15, 0.2) is 24.3 Å². The Morgan fingerprint density at radius 2 is 1.67 bits per heavy atom. The highest BCUT2D eigenvalue weighted by Crippen LogP contribution is 2.17. The number of hydrogen-bond acceptors (Lipinski definition) is 6. The van der Waals surface area contributed by atoms with E-state index in [1.807, 2.05) is 0 Å². The van der Waals surface area contributed by atoms with Crippen LogP contribution in [0.3, 0.4) is 0 Å². The molecule has 0 aliphatic rings. The molecule has 0 spiro atoms. The Bertz CT molecular complexity index is 414. The topological polar surface area (TPSA) is 92.0 Å². The summed E-state index contributed by atoms with van der Waals surface area (Å²) >= 11 is 0. The van der Waals surface area contributed by atoms with Crippen molar-refractivity contribution in [1.29, 1.82) is 0 Å². The van der Waals surface area contributed by atoms with E-state index in [0.29, 0.717) is 51.0 Å². The number of nitrogen functional groups attached to an aromatic ring is 1. The number of rotatable bonds is 11. The molecule has 3 N–H and O–H groups in total. The molecule has 0 bridgehead atoms. The molecule has 0 heterocycles. The van der Waals surface area contributed by atoms with Crippen LogP contribution in [0.2, 0.25) is 0 Å². The van der Waals surface area contributed by atoms with Crippen LogP contribution >= 0.6 is 0 Å². The fourth-order valence-electron chi connectivity index (χ4n) is 1.53. The van der Waals surface area contributed by atoms with Crippen molar-refractivity contribution in [3.8, 4) is 5.75 Å². The summed E-state index contributed by atoms with van der Waals surface area (Å²) in [6, 6.07) is 6.87. The highest BCUT2D eigenvalue weighted by Gasteiger charge is 2.10. The number of methoxy groups -OCH3 is 1. The second-order valence-electron chi connectivity index (χ2n) is 4.04. The first-order valence-electron chi connectivity index (χ1n) is 6.66. The van der Waals surface area contributed by atoms with Gasteiger partial charge in [-0.05, 0) is 12.1 Å². The van der Waals surface area contributed by atoms with E-state index in [1.54, 1.807) is 31.4 Å². The molecule has 0 aromatic heterocycles. The SMILES string of the molecule is COCCOCCOCCOc1ccccc1C(=O)NN. The van der Waals surface area contributed by atoms with Crippen molar-refractivity contribution in [3.63, 3.8) is 0 Å². The lowest BCUT2D eigenvalue weighted by atomic mass is 10.2. The van der Waals surface area contributed by atoms with Gasteiger partial charge in [0.2, 0.25) is 0 Å². The fraction of sp³-hybridized carbons (Fsp3) is 0.500. The third-order valence-corrected chi connectivity index (χ3v) is 2.55. The summed E-state index contributed by atoms with van der Waals surface area (Å²) < 4.78 is 20.9. The van der Waals surface area contributed by atoms with Gasteiger partial charge >= 0.3 is 0 Å². The number of hydrazine groups is 1. The lowest BCUT2D eigenvalue weighted by Gasteiger charge is -2.10. The van der Waals surface area contributed by atoms with E-state index in [0.717, 1.165) is 0 Å². The van der Waals surface area contributed by atoms with Gasteiger partial charge < -0.3 is 18.9 Å². The second kappa shape index (κ2) is 11.0. The van der Waals surface area contributed by atoms with Gasteiger partial charge in [-0.2, -0.15) is 0 Å². The molecule has 1 aromatic carbocycles. The van der Waals surface area contributed by atoms with Crippen LogP contribution in [0.5, 0.6) is 5.75 Å². The number of carbonyl (C=O) groups excluding carboxylic acids is 1. The molecule has 0 aliphatic carbocycles. The van der Waals surface area contributed by atoms with E-state index in [2.05, 4.69) is 5.43 Å². The molecule has 21 heavy (non-hydrogen) atoms. The van der Waals surface area contributed by atoms with Crippen molar-refractivity contribution < 1.29 is 23.7 Å². The monoisotopic (exact) mass is 298 g/mol. The Kier molecular flexibility index (Phi) is 9.14. The van der Waals surface area contributed by atoms with Crippen molar-refractivity contribution >= 4 is 5.91 Å². The standard InChI is InChI=1S/C14H22N2O5/c1-18-6-7-19-8-9-20-10-11-21-13-5-3-2-4-12(13)14(17)16-15/h2-5H,6-11,15H2,1H3,(H,16,17). The molecule has 0 saturated carbocycles. The van der Waals surface area contributed by atoms with E-state index < -0.39 is 5.91 Å². The molecule has 0 aliphatic heterocycles.